The van der Waals surface area contributed by atoms with Gasteiger partial charge >= 0.3 is 5.97 Å². The number of aromatic carboxylic acids is 1. The highest BCUT2D eigenvalue weighted by molar-refractivity contribution is 8.00. The van der Waals surface area contributed by atoms with E-state index in [1.807, 2.05) is 0 Å². The van der Waals surface area contributed by atoms with Crippen LogP contribution in [0.25, 0.3) is 0 Å². The second-order valence-corrected chi connectivity index (χ2v) is 8.72. The van der Waals surface area contributed by atoms with Gasteiger partial charge in [-0.15, -0.1) is 11.8 Å². The van der Waals surface area contributed by atoms with Crippen LogP contribution in [0.4, 0.5) is 11.4 Å². The molecule has 3 aromatic rings. The van der Waals surface area contributed by atoms with E-state index < -0.39 is 17.1 Å². The lowest BCUT2D eigenvalue weighted by Gasteiger charge is -2.15. The number of carbonyl (C=O) groups excluding carboxylic acids is 2. The SMILES string of the molecule is COc1cccc(OC)c1C(=O)Nc1cccc(SC(C)C(=O)Nc2ccc(O)c(C(=O)O)c2)c1. The lowest BCUT2D eigenvalue weighted by Crippen LogP contribution is -2.22. The van der Waals surface area contributed by atoms with Crippen molar-refractivity contribution in [3.63, 3.8) is 0 Å². The molecule has 0 bridgehead atoms. The largest absolute Gasteiger partial charge is 0.507 e. The van der Waals surface area contributed by atoms with Crippen LogP contribution in [0, 0.1) is 0 Å². The van der Waals surface area contributed by atoms with E-state index in [4.69, 9.17) is 14.6 Å². The van der Waals surface area contributed by atoms with Crippen molar-refractivity contribution in [2.45, 2.75) is 17.1 Å². The summed E-state index contributed by atoms with van der Waals surface area (Å²) in [6.07, 6.45) is 0. The first kappa shape index (κ1) is 25.4. The highest BCUT2D eigenvalue weighted by Gasteiger charge is 2.20. The molecule has 0 heterocycles. The molecule has 0 saturated heterocycles. The molecule has 0 radical (unpaired) electrons. The molecule has 10 heteroatoms. The Balaban J connectivity index is 1.70. The standard InChI is InChI=1S/C25H24N2O7S/c1-14(23(29)26-16-10-11-19(28)18(13-16)25(31)32)35-17-7-4-6-15(12-17)27-24(30)22-20(33-2)8-5-9-21(22)34-3/h4-14,28H,1-3H3,(H,26,29)(H,27,30)(H,31,32). The summed E-state index contributed by atoms with van der Waals surface area (Å²) in [6.45, 7) is 1.70. The summed E-state index contributed by atoms with van der Waals surface area (Å²) in [7, 11) is 2.94. The third kappa shape index (κ3) is 6.24. The number of hydrogen-bond acceptors (Lipinski definition) is 7. The van der Waals surface area contributed by atoms with Crippen molar-refractivity contribution in [2.24, 2.45) is 0 Å². The average Bonchev–Trinajstić information content (AvgIpc) is 2.84. The maximum Gasteiger partial charge on any atom is 0.339 e. The van der Waals surface area contributed by atoms with Gasteiger partial charge in [-0.3, -0.25) is 9.59 Å². The molecule has 1 atom stereocenters. The number of aromatic hydroxyl groups is 1. The number of carboxylic acids is 1. The van der Waals surface area contributed by atoms with Crippen molar-refractivity contribution in [3.05, 3.63) is 71.8 Å². The summed E-state index contributed by atoms with van der Waals surface area (Å²) in [4.78, 5) is 37.5. The number of phenols is 1. The summed E-state index contributed by atoms with van der Waals surface area (Å²) in [6, 6.07) is 15.9. The molecule has 4 N–H and O–H groups in total. The molecular formula is C25H24N2O7S. The van der Waals surface area contributed by atoms with E-state index in [0.717, 1.165) is 4.90 Å². The van der Waals surface area contributed by atoms with Crippen molar-refractivity contribution in [3.8, 4) is 17.2 Å². The molecular weight excluding hydrogens is 472 g/mol. The summed E-state index contributed by atoms with van der Waals surface area (Å²) in [5, 5.41) is 23.7. The number of rotatable bonds is 9. The first-order chi connectivity index (χ1) is 16.7. The number of nitrogens with one attached hydrogen (secondary N) is 2. The van der Waals surface area contributed by atoms with Gasteiger partial charge in [-0.05, 0) is 55.5 Å². The molecule has 0 aliphatic carbocycles. The minimum Gasteiger partial charge on any atom is -0.507 e. The van der Waals surface area contributed by atoms with Gasteiger partial charge in [0.25, 0.3) is 5.91 Å². The molecule has 182 valence electrons. The maximum absolute atomic E-state index is 12.9. The Morgan fingerprint density at radius 3 is 2.14 bits per heavy atom. The molecule has 0 aliphatic heterocycles. The Kier molecular flexibility index (Phi) is 8.21. The summed E-state index contributed by atoms with van der Waals surface area (Å²) >= 11 is 1.26. The zero-order valence-electron chi connectivity index (χ0n) is 19.2. The topological polar surface area (TPSA) is 134 Å². The van der Waals surface area contributed by atoms with Crippen molar-refractivity contribution in [2.75, 3.05) is 24.9 Å². The molecule has 3 aromatic carbocycles. The average molecular weight is 497 g/mol. The van der Waals surface area contributed by atoms with Crippen LogP contribution < -0.4 is 20.1 Å². The fourth-order valence-corrected chi connectivity index (χ4v) is 4.13. The van der Waals surface area contributed by atoms with Crippen LogP contribution in [0.3, 0.4) is 0 Å². The predicted octanol–water partition coefficient (Wildman–Crippen LogP) is 4.48. The van der Waals surface area contributed by atoms with Crippen LogP contribution in [0.5, 0.6) is 17.2 Å². The van der Waals surface area contributed by atoms with E-state index >= 15 is 0 Å². The summed E-state index contributed by atoms with van der Waals surface area (Å²) in [5.41, 5.74) is 0.728. The minimum atomic E-state index is -1.30. The van der Waals surface area contributed by atoms with Crippen molar-refractivity contribution in [1.29, 1.82) is 0 Å². The van der Waals surface area contributed by atoms with Gasteiger partial charge in [0.15, 0.2) is 0 Å². The molecule has 0 aliphatic rings. The van der Waals surface area contributed by atoms with E-state index in [2.05, 4.69) is 10.6 Å². The van der Waals surface area contributed by atoms with Crippen LogP contribution in [0.15, 0.2) is 65.6 Å². The molecule has 2 amide bonds. The third-order valence-electron chi connectivity index (χ3n) is 4.92. The van der Waals surface area contributed by atoms with Gasteiger partial charge in [-0.2, -0.15) is 0 Å². The Labute approximate surface area is 206 Å². The molecule has 0 fully saturated rings. The second-order valence-electron chi connectivity index (χ2n) is 7.31. The number of hydrogen-bond donors (Lipinski definition) is 4. The smallest absolute Gasteiger partial charge is 0.339 e. The fourth-order valence-electron chi connectivity index (χ4n) is 3.20. The Bertz CT molecular complexity index is 1240. The van der Waals surface area contributed by atoms with Gasteiger partial charge in [0, 0.05) is 16.3 Å². The predicted molar refractivity (Wildman–Crippen MR) is 133 cm³/mol. The number of amides is 2. The minimum absolute atomic E-state index is 0.254. The van der Waals surface area contributed by atoms with Crippen LogP contribution in [0.1, 0.15) is 27.6 Å². The summed E-state index contributed by atoms with van der Waals surface area (Å²) in [5.74, 6) is -1.71. The van der Waals surface area contributed by atoms with Gasteiger partial charge in [0.1, 0.15) is 28.4 Å². The number of carbonyl (C=O) groups is 3. The normalized spacial score (nSPS) is 11.3. The molecule has 9 nitrogen and oxygen atoms in total. The van der Waals surface area contributed by atoms with Crippen molar-refractivity contribution < 1.29 is 34.1 Å². The summed E-state index contributed by atoms with van der Waals surface area (Å²) < 4.78 is 10.6. The van der Waals surface area contributed by atoms with Gasteiger partial charge in [0.2, 0.25) is 5.91 Å². The van der Waals surface area contributed by atoms with Crippen molar-refractivity contribution in [1.82, 2.24) is 0 Å². The molecule has 0 spiro atoms. The number of anilines is 2. The highest BCUT2D eigenvalue weighted by atomic mass is 32.2. The third-order valence-corrected chi connectivity index (χ3v) is 6.02. The molecule has 0 aromatic heterocycles. The Hall–Kier alpha value is -4.18. The first-order valence-electron chi connectivity index (χ1n) is 10.4. The van der Waals surface area contributed by atoms with Gasteiger partial charge in [-0.1, -0.05) is 12.1 Å². The second kappa shape index (κ2) is 11.3. The number of carboxylic acid groups (broad SMARTS) is 1. The fraction of sp³-hybridized carbons (Fsp3) is 0.160. The monoisotopic (exact) mass is 496 g/mol. The van der Waals surface area contributed by atoms with E-state index in [0.29, 0.717) is 17.2 Å². The molecule has 1 unspecified atom stereocenters. The van der Waals surface area contributed by atoms with Crippen molar-refractivity contribution >= 4 is 40.9 Å². The van der Waals surface area contributed by atoms with Crippen LogP contribution >= 0.6 is 11.8 Å². The Morgan fingerprint density at radius 1 is 0.886 bits per heavy atom. The van der Waals surface area contributed by atoms with E-state index in [1.54, 1.807) is 49.4 Å². The zero-order chi connectivity index (χ0) is 25.5. The highest BCUT2D eigenvalue weighted by Crippen LogP contribution is 2.31. The van der Waals surface area contributed by atoms with E-state index in [9.17, 15) is 19.5 Å². The zero-order valence-corrected chi connectivity index (χ0v) is 20.0. The quantitative estimate of drug-likeness (QED) is 0.252. The van der Waals surface area contributed by atoms with Gasteiger partial charge < -0.3 is 30.3 Å². The lowest BCUT2D eigenvalue weighted by molar-refractivity contribution is -0.115. The van der Waals surface area contributed by atoms with E-state index in [1.165, 1.54) is 44.2 Å². The Morgan fingerprint density at radius 2 is 1.51 bits per heavy atom. The van der Waals surface area contributed by atoms with E-state index in [-0.39, 0.29) is 28.5 Å². The molecule has 3 rings (SSSR count). The maximum atomic E-state index is 12.9. The first-order valence-corrected chi connectivity index (χ1v) is 11.3. The van der Waals surface area contributed by atoms with Crippen LogP contribution in [0.2, 0.25) is 0 Å². The number of ether oxygens (including phenoxy) is 2. The lowest BCUT2D eigenvalue weighted by atomic mass is 10.1. The van der Waals surface area contributed by atoms with Gasteiger partial charge in [0.05, 0.1) is 19.5 Å². The molecule has 35 heavy (non-hydrogen) atoms. The van der Waals surface area contributed by atoms with Crippen LogP contribution in [-0.2, 0) is 4.79 Å². The number of benzene rings is 3. The van der Waals surface area contributed by atoms with Crippen LogP contribution in [-0.4, -0.2) is 47.5 Å². The van der Waals surface area contributed by atoms with Gasteiger partial charge in [-0.25, -0.2) is 4.79 Å². The molecule has 0 saturated carbocycles. The number of thioether (sulfide) groups is 1. The number of methoxy groups -OCH3 is 2.